The topological polar surface area (TPSA) is 83.6 Å². The molecule has 0 radical (unpaired) electrons. The highest BCUT2D eigenvalue weighted by atomic mass is 16.4. The number of phenols is 1. The van der Waals surface area contributed by atoms with Crippen LogP contribution < -0.4 is 5.73 Å². The molecule has 0 aliphatic carbocycles. The van der Waals surface area contributed by atoms with Gasteiger partial charge in [0.2, 0.25) is 0 Å². The quantitative estimate of drug-likeness (QED) is 0.676. The maximum Gasteiger partial charge on any atom is 0.305 e. The molecule has 0 heterocycles. The summed E-state index contributed by atoms with van der Waals surface area (Å²) >= 11 is 0. The zero-order valence-corrected chi connectivity index (χ0v) is 7.90. The van der Waals surface area contributed by atoms with E-state index in [0.29, 0.717) is 5.56 Å². The Hall–Kier alpha value is -1.55. The maximum atomic E-state index is 10.4. The molecule has 0 unspecified atom stereocenters. The van der Waals surface area contributed by atoms with Crippen LogP contribution in [0.15, 0.2) is 18.2 Å². The second kappa shape index (κ2) is 4.11. The summed E-state index contributed by atoms with van der Waals surface area (Å²) in [5.41, 5.74) is 7.00. The molecule has 0 aromatic heterocycles. The number of benzene rings is 1. The van der Waals surface area contributed by atoms with E-state index in [2.05, 4.69) is 0 Å². The number of phenolic OH excluding ortho intramolecular Hbond substituents is 1. The van der Waals surface area contributed by atoms with Gasteiger partial charge in [0.05, 0.1) is 6.42 Å². The molecule has 76 valence electrons. The highest BCUT2D eigenvalue weighted by molar-refractivity contribution is 5.68. The number of carboxylic acids is 1. The molecule has 1 aromatic rings. The van der Waals surface area contributed by atoms with E-state index in [0.717, 1.165) is 5.56 Å². The van der Waals surface area contributed by atoms with Crippen LogP contribution in [-0.4, -0.2) is 16.2 Å². The summed E-state index contributed by atoms with van der Waals surface area (Å²) < 4.78 is 0. The number of aromatic hydroxyl groups is 1. The zero-order chi connectivity index (χ0) is 10.7. The first-order chi connectivity index (χ1) is 6.50. The van der Waals surface area contributed by atoms with E-state index in [1.807, 2.05) is 0 Å². The van der Waals surface area contributed by atoms with Crippen LogP contribution in [0.1, 0.15) is 23.6 Å². The Bertz CT molecular complexity index is 349. The Morgan fingerprint density at radius 2 is 2.21 bits per heavy atom. The van der Waals surface area contributed by atoms with Crippen LogP contribution in [0.25, 0.3) is 0 Å². The van der Waals surface area contributed by atoms with Crippen molar-refractivity contribution in [3.05, 3.63) is 29.3 Å². The molecular formula is C10H13NO3. The minimum atomic E-state index is -0.947. The molecule has 1 rings (SSSR count). The van der Waals surface area contributed by atoms with Crippen LogP contribution in [-0.2, 0) is 4.79 Å². The molecule has 4 nitrogen and oxygen atoms in total. The summed E-state index contributed by atoms with van der Waals surface area (Å²) in [6.45, 7) is 1.77. The van der Waals surface area contributed by atoms with Crippen LogP contribution in [0.3, 0.4) is 0 Å². The highest BCUT2D eigenvalue weighted by Crippen LogP contribution is 2.22. The summed E-state index contributed by atoms with van der Waals surface area (Å²) in [4.78, 5) is 10.4. The number of carboxylic acid groups (broad SMARTS) is 1. The van der Waals surface area contributed by atoms with Crippen LogP contribution in [0.2, 0.25) is 0 Å². The van der Waals surface area contributed by atoms with Crippen molar-refractivity contribution in [3.63, 3.8) is 0 Å². The van der Waals surface area contributed by atoms with Gasteiger partial charge in [-0.25, -0.2) is 0 Å². The molecule has 0 aliphatic rings. The van der Waals surface area contributed by atoms with Crippen molar-refractivity contribution in [2.24, 2.45) is 5.73 Å². The first-order valence-electron chi connectivity index (χ1n) is 4.27. The minimum absolute atomic E-state index is 0.136. The lowest BCUT2D eigenvalue weighted by Crippen LogP contribution is -2.14. The van der Waals surface area contributed by atoms with Gasteiger partial charge in [-0.05, 0) is 24.1 Å². The van der Waals surface area contributed by atoms with Crippen LogP contribution in [0, 0.1) is 6.92 Å². The van der Waals surface area contributed by atoms with Crippen molar-refractivity contribution in [2.75, 3.05) is 0 Å². The van der Waals surface area contributed by atoms with E-state index in [-0.39, 0.29) is 12.2 Å². The Kier molecular flexibility index (Phi) is 3.09. The number of hydrogen-bond acceptors (Lipinski definition) is 3. The van der Waals surface area contributed by atoms with Gasteiger partial charge in [-0.15, -0.1) is 0 Å². The predicted octanol–water partition coefficient (Wildman–Crippen LogP) is 1.18. The summed E-state index contributed by atoms with van der Waals surface area (Å²) in [7, 11) is 0. The maximum absolute atomic E-state index is 10.4. The molecule has 1 aromatic carbocycles. The number of hydrogen-bond donors (Lipinski definition) is 3. The molecule has 0 saturated heterocycles. The second-order valence-corrected chi connectivity index (χ2v) is 3.25. The van der Waals surface area contributed by atoms with Gasteiger partial charge < -0.3 is 15.9 Å². The lowest BCUT2D eigenvalue weighted by Gasteiger charge is -2.10. The predicted molar refractivity (Wildman–Crippen MR) is 52.0 cm³/mol. The van der Waals surface area contributed by atoms with Crippen molar-refractivity contribution in [2.45, 2.75) is 19.4 Å². The summed E-state index contributed by atoms with van der Waals surface area (Å²) in [6.07, 6.45) is -0.136. The molecule has 0 fully saturated rings. The summed E-state index contributed by atoms with van der Waals surface area (Å²) in [6, 6.07) is 4.37. The van der Waals surface area contributed by atoms with Crippen LogP contribution in [0.4, 0.5) is 0 Å². The molecule has 0 aliphatic heterocycles. The van der Waals surface area contributed by atoms with Gasteiger partial charge >= 0.3 is 5.97 Å². The minimum Gasteiger partial charge on any atom is -0.508 e. The van der Waals surface area contributed by atoms with E-state index in [9.17, 15) is 9.90 Å². The third kappa shape index (κ3) is 2.47. The molecule has 1 atom stereocenters. The lowest BCUT2D eigenvalue weighted by molar-refractivity contribution is -0.137. The van der Waals surface area contributed by atoms with Gasteiger partial charge in [-0.2, -0.15) is 0 Å². The van der Waals surface area contributed by atoms with Crippen molar-refractivity contribution in [1.82, 2.24) is 0 Å². The van der Waals surface area contributed by atoms with Gasteiger partial charge in [-0.3, -0.25) is 4.79 Å². The van der Waals surface area contributed by atoms with Gasteiger partial charge in [0.1, 0.15) is 5.75 Å². The first-order valence-corrected chi connectivity index (χ1v) is 4.27. The fraction of sp³-hybridized carbons (Fsp3) is 0.300. The number of aryl methyl sites for hydroxylation is 1. The molecular weight excluding hydrogens is 182 g/mol. The smallest absolute Gasteiger partial charge is 0.305 e. The lowest BCUT2D eigenvalue weighted by atomic mass is 10.0. The summed E-state index contributed by atoms with van der Waals surface area (Å²) in [5, 5.41) is 17.9. The largest absolute Gasteiger partial charge is 0.508 e. The number of aliphatic carboxylic acids is 1. The standard InChI is InChI=1S/C10H13NO3/c1-6-2-3-7(4-9(6)12)8(11)5-10(13)14/h2-4,8,12H,5,11H2,1H3,(H,13,14)/t8-/m0/s1. The molecule has 0 spiro atoms. The fourth-order valence-electron chi connectivity index (χ4n) is 1.16. The van der Waals surface area contributed by atoms with Crippen molar-refractivity contribution in [1.29, 1.82) is 0 Å². The van der Waals surface area contributed by atoms with Crippen molar-refractivity contribution < 1.29 is 15.0 Å². The van der Waals surface area contributed by atoms with Crippen LogP contribution in [0.5, 0.6) is 5.75 Å². The van der Waals surface area contributed by atoms with Gasteiger partial charge in [0.25, 0.3) is 0 Å². The van der Waals surface area contributed by atoms with E-state index >= 15 is 0 Å². The first kappa shape index (κ1) is 10.5. The third-order valence-electron chi connectivity index (χ3n) is 2.06. The molecule has 14 heavy (non-hydrogen) atoms. The molecule has 0 amide bonds. The normalized spacial score (nSPS) is 12.4. The van der Waals surface area contributed by atoms with Crippen LogP contribution >= 0.6 is 0 Å². The molecule has 0 bridgehead atoms. The Morgan fingerprint density at radius 1 is 1.57 bits per heavy atom. The Balaban J connectivity index is 2.85. The van der Waals surface area contributed by atoms with E-state index < -0.39 is 12.0 Å². The average Bonchev–Trinajstić information content (AvgIpc) is 2.08. The number of carbonyl (C=O) groups is 1. The molecule has 4 N–H and O–H groups in total. The monoisotopic (exact) mass is 195 g/mol. The van der Waals surface area contributed by atoms with Gasteiger partial charge in [0.15, 0.2) is 0 Å². The Morgan fingerprint density at radius 3 is 2.71 bits per heavy atom. The fourth-order valence-corrected chi connectivity index (χ4v) is 1.16. The SMILES string of the molecule is Cc1ccc([C@@H](N)CC(=O)O)cc1O. The average molecular weight is 195 g/mol. The second-order valence-electron chi connectivity index (χ2n) is 3.25. The van der Waals surface area contributed by atoms with Gasteiger partial charge in [0, 0.05) is 6.04 Å². The summed E-state index contributed by atoms with van der Waals surface area (Å²) in [5.74, 6) is -0.805. The third-order valence-corrected chi connectivity index (χ3v) is 2.06. The number of rotatable bonds is 3. The van der Waals surface area contributed by atoms with E-state index in [1.165, 1.54) is 6.07 Å². The van der Waals surface area contributed by atoms with Crippen molar-refractivity contribution >= 4 is 5.97 Å². The highest BCUT2D eigenvalue weighted by Gasteiger charge is 2.11. The van der Waals surface area contributed by atoms with Crippen molar-refractivity contribution in [3.8, 4) is 5.75 Å². The number of nitrogens with two attached hydrogens (primary N) is 1. The Labute approximate surface area is 82.0 Å². The molecule has 4 heteroatoms. The van der Waals surface area contributed by atoms with Gasteiger partial charge in [-0.1, -0.05) is 12.1 Å². The zero-order valence-electron chi connectivity index (χ0n) is 7.90. The molecule has 0 saturated carbocycles. The van der Waals surface area contributed by atoms with E-state index in [1.54, 1.807) is 19.1 Å². The van der Waals surface area contributed by atoms with E-state index in [4.69, 9.17) is 10.8 Å².